The molecule has 224 valence electrons. The molecule has 2 aromatic rings. The first kappa shape index (κ1) is 30.6. The van der Waals surface area contributed by atoms with Gasteiger partial charge >= 0.3 is 5.69 Å². The Morgan fingerprint density at radius 3 is 2.60 bits per heavy atom. The number of halogens is 1. The molecular formula is C27H43FN5O6P. The minimum Gasteiger partial charge on any atom is -0.400 e. The van der Waals surface area contributed by atoms with Crippen LogP contribution < -0.4 is 16.1 Å². The van der Waals surface area contributed by atoms with E-state index in [4.69, 9.17) is 16.8 Å². The lowest BCUT2D eigenvalue weighted by Crippen LogP contribution is -2.51. The molecule has 5 atom stereocenters. The van der Waals surface area contributed by atoms with Crippen LogP contribution in [0.5, 0.6) is 0 Å². The Labute approximate surface area is 239 Å². The molecule has 11 nitrogen and oxygen atoms in total. The van der Waals surface area contributed by atoms with Crippen molar-refractivity contribution in [1.29, 1.82) is 1.43 Å². The first-order chi connectivity index (χ1) is 20.1. The number of anilines is 1. The van der Waals surface area contributed by atoms with Crippen molar-refractivity contribution in [2.24, 2.45) is 0 Å². The normalized spacial score (nSPS) is 22.4. The number of nitrogens with one attached hydrogen (secondary N) is 2. The van der Waals surface area contributed by atoms with Gasteiger partial charge in [0.2, 0.25) is 1.43 Å². The lowest BCUT2D eigenvalue weighted by molar-refractivity contribution is -0.118. The van der Waals surface area contributed by atoms with E-state index in [-0.39, 0.29) is 38.1 Å². The second kappa shape index (κ2) is 16.8. The Balaban J connectivity index is 0.00000197. The predicted molar refractivity (Wildman–Crippen MR) is 154 cm³/mol. The molecular weight excluding hydrogens is 540 g/mol. The van der Waals surface area contributed by atoms with Gasteiger partial charge in [-0.15, -0.1) is 0 Å². The molecule has 1 saturated heterocycles. The molecule has 2 heterocycles. The largest absolute Gasteiger partial charge is 0.400 e. The van der Waals surface area contributed by atoms with Gasteiger partial charge in [-0.05, 0) is 59.7 Å². The number of ether oxygens (including phenoxy) is 2. The van der Waals surface area contributed by atoms with E-state index in [9.17, 15) is 9.59 Å². The summed E-state index contributed by atoms with van der Waals surface area (Å²) in [7, 11) is -0.233. The van der Waals surface area contributed by atoms with E-state index < -0.39 is 44.5 Å². The van der Waals surface area contributed by atoms with Crippen molar-refractivity contribution in [3.63, 3.8) is 0 Å². The van der Waals surface area contributed by atoms with Crippen LogP contribution >= 0.6 is 8.45 Å². The smallest absolute Gasteiger partial charge is 0.349 e. The van der Waals surface area contributed by atoms with Crippen LogP contribution in [0.1, 0.15) is 59.3 Å². The highest BCUT2D eigenvalue weighted by atomic mass is 31.2. The first-order valence-electron chi connectivity index (χ1n) is 14.3. The lowest BCUT2D eigenvalue weighted by atomic mass is 10.0. The molecule has 0 spiro atoms. The number of rotatable bonds is 12. The first-order valence-corrected chi connectivity index (χ1v) is 14.4. The molecule has 40 heavy (non-hydrogen) atoms. The van der Waals surface area contributed by atoms with Gasteiger partial charge in [0.05, 0.1) is 18.8 Å². The summed E-state index contributed by atoms with van der Waals surface area (Å²) in [6.07, 6.45) is -2.19. The quantitative estimate of drug-likeness (QED) is 0.194. The molecule has 1 aromatic heterocycles. The average molecular weight is 587 g/mol. The highest BCUT2D eigenvalue weighted by molar-refractivity contribution is 7.47. The average Bonchev–Trinajstić information content (AvgIpc) is 2.95. The lowest BCUT2D eigenvalue weighted by Gasteiger charge is -2.43. The van der Waals surface area contributed by atoms with E-state index >= 15 is 4.39 Å². The summed E-state index contributed by atoms with van der Waals surface area (Å²) in [4.78, 5) is 29.3. The highest BCUT2D eigenvalue weighted by Crippen LogP contribution is 2.45. The van der Waals surface area contributed by atoms with Gasteiger partial charge < -0.3 is 24.4 Å². The number of aromatic nitrogens is 2. The van der Waals surface area contributed by atoms with E-state index in [1.165, 1.54) is 19.4 Å². The number of carbonyl (C=O) groups is 1. The molecule has 0 radical (unpaired) electrons. The second-order valence-electron chi connectivity index (χ2n) is 9.41. The highest BCUT2D eigenvalue weighted by Gasteiger charge is 2.44. The van der Waals surface area contributed by atoms with Crippen LogP contribution in [-0.4, -0.2) is 84.2 Å². The van der Waals surface area contributed by atoms with Gasteiger partial charge in [-0.3, -0.25) is 9.36 Å². The number of aliphatic hydroxyl groups is 1. The van der Waals surface area contributed by atoms with Crippen LogP contribution in [0.2, 0.25) is 0 Å². The van der Waals surface area contributed by atoms with Crippen molar-refractivity contribution < 1.29 is 29.7 Å². The summed E-state index contributed by atoms with van der Waals surface area (Å²) in [6, 6.07) is 9.13. The van der Waals surface area contributed by atoms with Crippen molar-refractivity contribution in [3.05, 3.63) is 58.6 Å². The van der Waals surface area contributed by atoms with Gasteiger partial charge in [0.1, 0.15) is 18.7 Å². The molecule has 1 fully saturated rings. The fourth-order valence-electron chi connectivity index (χ4n) is 4.21. The van der Waals surface area contributed by atoms with Crippen LogP contribution in [-0.2, 0) is 14.0 Å². The fourth-order valence-corrected chi connectivity index (χ4v) is 6.08. The van der Waals surface area contributed by atoms with E-state index in [0.717, 1.165) is 4.57 Å². The minimum absolute atomic E-state index is 0.0576. The van der Waals surface area contributed by atoms with Gasteiger partial charge in [0.25, 0.3) is 5.91 Å². The van der Waals surface area contributed by atoms with Gasteiger partial charge in [-0.25, -0.2) is 18.9 Å². The number of hydrogen-bond donors (Lipinski definition) is 3. The van der Waals surface area contributed by atoms with Crippen LogP contribution in [0.3, 0.4) is 0 Å². The second-order valence-corrected chi connectivity index (χ2v) is 10.9. The van der Waals surface area contributed by atoms with E-state index in [1.54, 1.807) is 30.3 Å². The molecule has 1 amide bonds. The Bertz CT molecular complexity index is 1130. The van der Waals surface area contributed by atoms with Crippen molar-refractivity contribution in [3.8, 4) is 0 Å². The number of benzene rings is 1. The molecule has 1 aliphatic rings. The van der Waals surface area contributed by atoms with Crippen molar-refractivity contribution in [1.82, 2.24) is 19.3 Å². The maximum Gasteiger partial charge on any atom is 0.349 e. The summed E-state index contributed by atoms with van der Waals surface area (Å²) in [6.45, 7) is 10.4. The third kappa shape index (κ3) is 9.10. The number of alkyl halides is 1. The van der Waals surface area contributed by atoms with E-state index in [0.29, 0.717) is 12.2 Å². The molecule has 0 saturated carbocycles. The molecule has 0 bridgehead atoms. The predicted octanol–water partition coefficient (Wildman–Crippen LogP) is 3.72. The maximum atomic E-state index is 16.1. The zero-order valence-electron chi connectivity index (χ0n) is 26.0. The van der Waals surface area contributed by atoms with Crippen LogP contribution in [0.4, 0.5) is 10.2 Å². The Morgan fingerprint density at radius 2 is 2.02 bits per heavy atom. The third-order valence-electron chi connectivity index (χ3n) is 5.99. The zero-order valence-corrected chi connectivity index (χ0v) is 24.8. The summed E-state index contributed by atoms with van der Waals surface area (Å²) >= 11 is 0. The van der Waals surface area contributed by atoms with Gasteiger partial charge in [0.15, 0.2) is 14.6 Å². The van der Waals surface area contributed by atoms with Crippen LogP contribution in [0, 0.1) is 0 Å². The van der Waals surface area contributed by atoms with Crippen LogP contribution in [0.15, 0.2) is 47.4 Å². The molecule has 5 unspecified atom stereocenters. The Hall–Kier alpha value is -2.31. The van der Waals surface area contributed by atoms with Crippen molar-refractivity contribution in [2.75, 3.05) is 32.4 Å². The Kier molecular flexibility index (Phi) is 12.9. The summed E-state index contributed by atoms with van der Waals surface area (Å²) in [5, 5.41) is 9.33. The minimum atomic E-state index is -1.65. The molecule has 1 aliphatic heterocycles. The monoisotopic (exact) mass is 586 g/mol. The number of carbonyl (C=O) groups excluding carboxylic acids is 1. The van der Waals surface area contributed by atoms with Gasteiger partial charge in [-0.1, -0.05) is 18.2 Å². The molecule has 1 aromatic carbocycles. The molecule has 3 N–H and O–H groups in total. The topological polar surface area (TPSA) is 127 Å². The standard InChI is InChI=1S/C26H39FN5O5P.CH4O/c1-7-35-16-28-38(32(17(2)3)18(4)5)37-24-19(6)36-15-21(23(24)27)31-14-13-22(30-26(31)34)29-25(33)20-11-9-8-10-12-20;1-2/h8-14,17-19,21,23-24,28H,7,15-16H2,1-6H3,(H,29,30,33,34);2H,1H3/i6D;2T. The number of amides is 1. The number of aliphatic hydroxyl groups excluding tert-OH is 1. The van der Waals surface area contributed by atoms with E-state index in [1.807, 2.05) is 34.6 Å². The maximum absolute atomic E-state index is 16.1. The zero-order chi connectivity index (χ0) is 31.2. The van der Waals surface area contributed by atoms with E-state index in [2.05, 4.69) is 25.2 Å². The van der Waals surface area contributed by atoms with Crippen LogP contribution in [0.25, 0.3) is 0 Å². The van der Waals surface area contributed by atoms with Crippen molar-refractivity contribution >= 4 is 20.2 Å². The third-order valence-corrected chi connectivity index (χ3v) is 8.18. The fraction of sp³-hybridized carbons (Fsp3) is 0.593. The van der Waals surface area contributed by atoms with Gasteiger partial charge in [-0.2, -0.15) is 4.98 Å². The van der Waals surface area contributed by atoms with Crippen molar-refractivity contribution in [2.45, 2.75) is 78.0 Å². The summed E-state index contributed by atoms with van der Waals surface area (Å²) in [5.74, 6) is -0.355. The van der Waals surface area contributed by atoms with Gasteiger partial charge in [0, 0.05) is 38.9 Å². The molecule has 0 aliphatic carbocycles. The Morgan fingerprint density at radius 1 is 1.35 bits per heavy atom. The molecule has 13 heteroatoms. The number of nitrogens with zero attached hydrogens (tertiary/aromatic N) is 3. The molecule has 3 rings (SSSR count). The summed E-state index contributed by atoms with van der Waals surface area (Å²) < 4.78 is 50.7. The number of hydrogen-bond acceptors (Lipinski definition) is 9. The SMILES string of the molecule is [2H]CC1OCC(n2ccc(NC(=O)c3ccccc3)nc2=O)C(F)C1OP(NCOCC)N(C(C)C)C(C)C.[3H]OC. The summed E-state index contributed by atoms with van der Waals surface area (Å²) in [5.41, 5.74) is -0.316.